The average molecular weight is 386 g/mol. The van der Waals surface area contributed by atoms with Gasteiger partial charge in [-0.15, -0.1) is 0 Å². The molecule has 0 saturated carbocycles. The number of hydrogen-bond acceptors (Lipinski definition) is 6. The summed E-state index contributed by atoms with van der Waals surface area (Å²) in [5.41, 5.74) is 3.51. The summed E-state index contributed by atoms with van der Waals surface area (Å²) in [6, 6.07) is 11.7. The smallest absolute Gasteiger partial charge is 0.259 e. The van der Waals surface area contributed by atoms with Crippen molar-refractivity contribution in [2.75, 3.05) is 11.4 Å². The lowest BCUT2D eigenvalue weighted by Gasteiger charge is -2.17. The summed E-state index contributed by atoms with van der Waals surface area (Å²) in [4.78, 5) is 27.7. The Morgan fingerprint density at radius 2 is 2.07 bits per heavy atom. The summed E-state index contributed by atoms with van der Waals surface area (Å²) in [5, 5.41) is 4.02. The molecule has 1 amide bonds. The molecule has 0 saturated heterocycles. The molecule has 3 aromatic heterocycles. The van der Waals surface area contributed by atoms with Crippen LogP contribution >= 0.6 is 0 Å². The lowest BCUT2D eigenvalue weighted by Crippen LogP contribution is -2.32. The van der Waals surface area contributed by atoms with Gasteiger partial charge in [0.25, 0.3) is 5.89 Å². The van der Waals surface area contributed by atoms with Crippen LogP contribution in [0, 0.1) is 6.92 Å². The molecule has 144 valence electrons. The first-order valence-corrected chi connectivity index (χ1v) is 9.35. The first-order valence-electron chi connectivity index (χ1n) is 9.35. The largest absolute Gasteiger partial charge is 0.333 e. The van der Waals surface area contributed by atoms with E-state index in [2.05, 4.69) is 26.2 Å². The van der Waals surface area contributed by atoms with E-state index in [-0.39, 0.29) is 12.5 Å². The number of para-hydroxylation sites is 1. The van der Waals surface area contributed by atoms with Crippen LogP contribution in [-0.4, -0.2) is 37.1 Å². The van der Waals surface area contributed by atoms with E-state index in [9.17, 15) is 4.79 Å². The van der Waals surface area contributed by atoms with Crippen molar-refractivity contribution in [2.24, 2.45) is 0 Å². The van der Waals surface area contributed by atoms with Crippen LogP contribution in [0.2, 0.25) is 0 Å². The molecule has 4 aromatic rings. The fourth-order valence-electron chi connectivity index (χ4n) is 3.54. The summed E-state index contributed by atoms with van der Waals surface area (Å²) < 4.78 is 7.15. The third-order valence-corrected chi connectivity index (χ3v) is 5.03. The van der Waals surface area contributed by atoms with Crippen molar-refractivity contribution in [3.05, 3.63) is 66.4 Å². The van der Waals surface area contributed by atoms with E-state index < -0.39 is 0 Å². The van der Waals surface area contributed by atoms with Crippen molar-refractivity contribution < 1.29 is 9.32 Å². The van der Waals surface area contributed by atoms with Gasteiger partial charge in [-0.3, -0.25) is 9.78 Å². The second-order valence-electron chi connectivity index (χ2n) is 6.89. The molecule has 8 nitrogen and oxygen atoms in total. The van der Waals surface area contributed by atoms with Gasteiger partial charge < -0.3 is 14.0 Å². The van der Waals surface area contributed by atoms with Crippen LogP contribution in [0.4, 0.5) is 5.69 Å². The molecule has 0 radical (unpaired) electrons. The fraction of sp³-hybridized carbons (Fsp3) is 0.190. The van der Waals surface area contributed by atoms with Gasteiger partial charge in [-0.05, 0) is 37.1 Å². The van der Waals surface area contributed by atoms with Gasteiger partial charge in [0.05, 0.1) is 5.56 Å². The van der Waals surface area contributed by atoms with E-state index in [1.165, 1.54) is 5.56 Å². The summed E-state index contributed by atoms with van der Waals surface area (Å²) in [7, 11) is 0. The van der Waals surface area contributed by atoms with Crippen molar-refractivity contribution >= 4 is 11.6 Å². The topological polar surface area (TPSA) is 89.9 Å². The lowest BCUT2D eigenvalue weighted by molar-refractivity contribution is -0.119. The number of aromatic nitrogens is 5. The normalized spacial score (nSPS) is 12.9. The van der Waals surface area contributed by atoms with E-state index in [0.717, 1.165) is 17.7 Å². The number of amides is 1. The van der Waals surface area contributed by atoms with Crippen LogP contribution in [0.15, 0.2) is 59.5 Å². The maximum absolute atomic E-state index is 12.9. The SMILES string of the molecule is Cc1nc(-c2noc(-c3cccnc3)n2)cn1CC(=O)N1CCc2ccccc21. The third-order valence-electron chi connectivity index (χ3n) is 5.03. The maximum atomic E-state index is 12.9. The molecule has 29 heavy (non-hydrogen) atoms. The minimum atomic E-state index is 0.0335. The summed E-state index contributed by atoms with van der Waals surface area (Å²) >= 11 is 0. The number of rotatable bonds is 4. The Hall–Kier alpha value is -3.81. The number of anilines is 1. The minimum Gasteiger partial charge on any atom is -0.333 e. The van der Waals surface area contributed by atoms with Crippen molar-refractivity contribution in [1.82, 2.24) is 24.7 Å². The average Bonchev–Trinajstić information content (AvgIpc) is 3.47. The van der Waals surface area contributed by atoms with Crippen LogP contribution in [-0.2, 0) is 17.8 Å². The number of aryl methyl sites for hydroxylation is 1. The summed E-state index contributed by atoms with van der Waals surface area (Å²) in [5.74, 6) is 1.51. The molecule has 8 heteroatoms. The van der Waals surface area contributed by atoms with Crippen LogP contribution in [0.1, 0.15) is 11.4 Å². The fourth-order valence-corrected chi connectivity index (χ4v) is 3.54. The third kappa shape index (κ3) is 3.18. The second kappa shape index (κ2) is 6.97. The van der Waals surface area contributed by atoms with Gasteiger partial charge in [0.1, 0.15) is 18.1 Å². The van der Waals surface area contributed by atoms with E-state index in [0.29, 0.717) is 29.8 Å². The van der Waals surface area contributed by atoms with Crippen LogP contribution in [0.25, 0.3) is 23.0 Å². The van der Waals surface area contributed by atoms with Gasteiger partial charge in [-0.2, -0.15) is 4.98 Å². The number of carbonyl (C=O) groups excluding carboxylic acids is 1. The van der Waals surface area contributed by atoms with E-state index in [1.54, 1.807) is 24.7 Å². The monoisotopic (exact) mass is 386 g/mol. The highest BCUT2D eigenvalue weighted by Crippen LogP contribution is 2.28. The Morgan fingerprint density at radius 1 is 1.17 bits per heavy atom. The maximum Gasteiger partial charge on any atom is 0.259 e. The molecule has 4 heterocycles. The highest BCUT2D eigenvalue weighted by atomic mass is 16.5. The standard InChI is InChI=1S/C21H18N6O2/c1-14-23-17(20-24-21(29-25-20)16-6-4-9-22-11-16)12-26(14)13-19(28)27-10-8-15-5-2-3-7-18(15)27/h2-7,9,11-12H,8,10,13H2,1H3. The first kappa shape index (κ1) is 17.3. The first-order chi connectivity index (χ1) is 14.2. The molecule has 1 aliphatic rings. The predicted octanol–water partition coefficient (Wildman–Crippen LogP) is 2.89. The molecule has 5 rings (SSSR count). The van der Waals surface area contributed by atoms with Crippen LogP contribution in [0.5, 0.6) is 0 Å². The van der Waals surface area contributed by atoms with Gasteiger partial charge in [-0.1, -0.05) is 23.4 Å². The number of fused-ring (bicyclic) bond motifs is 1. The molecule has 0 bridgehead atoms. The zero-order valence-corrected chi connectivity index (χ0v) is 15.8. The highest BCUT2D eigenvalue weighted by molar-refractivity contribution is 5.95. The Balaban J connectivity index is 1.36. The van der Waals surface area contributed by atoms with Gasteiger partial charge in [0.2, 0.25) is 11.7 Å². The van der Waals surface area contributed by atoms with E-state index >= 15 is 0 Å². The van der Waals surface area contributed by atoms with Gasteiger partial charge in [0.15, 0.2) is 0 Å². The highest BCUT2D eigenvalue weighted by Gasteiger charge is 2.25. The number of pyridine rings is 1. The minimum absolute atomic E-state index is 0.0335. The van der Waals surface area contributed by atoms with Crippen LogP contribution < -0.4 is 4.90 Å². The van der Waals surface area contributed by atoms with Gasteiger partial charge >= 0.3 is 0 Å². The van der Waals surface area contributed by atoms with Crippen molar-refractivity contribution in [2.45, 2.75) is 19.9 Å². The number of imidazole rings is 1. The molecular formula is C21H18N6O2. The Bertz CT molecular complexity index is 1180. The zero-order chi connectivity index (χ0) is 19.8. The lowest BCUT2D eigenvalue weighted by atomic mass is 10.2. The molecule has 0 atom stereocenters. The van der Waals surface area contributed by atoms with Crippen molar-refractivity contribution in [3.63, 3.8) is 0 Å². The molecule has 0 fully saturated rings. The molecule has 1 aromatic carbocycles. The van der Waals surface area contributed by atoms with Crippen molar-refractivity contribution in [1.29, 1.82) is 0 Å². The number of hydrogen-bond donors (Lipinski definition) is 0. The molecule has 0 spiro atoms. The Morgan fingerprint density at radius 3 is 2.93 bits per heavy atom. The molecular weight excluding hydrogens is 368 g/mol. The molecule has 0 N–H and O–H groups in total. The second-order valence-corrected chi connectivity index (χ2v) is 6.89. The predicted molar refractivity (Wildman–Crippen MR) is 106 cm³/mol. The number of benzene rings is 1. The molecule has 0 aliphatic carbocycles. The van der Waals surface area contributed by atoms with E-state index in [4.69, 9.17) is 4.52 Å². The van der Waals surface area contributed by atoms with Gasteiger partial charge in [-0.25, -0.2) is 4.98 Å². The quantitative estimate of drug-likeness (QED) is 0.536. The Kier molecular flexibility index (Phi) is 4.16. The van der Waals surface area contributed by atoms with Crippen LogP contribution in [0.3, 0.4) is 0 Å². The van der Waals surface area contributed by atoms with E-state index in [1.807, 2.05) is 40.7 Å². The van der Waals surface area contributed by atoms with Crippen molar-refractivity contribution in [3.8, 4) is 23.0 Å². The summed E-state index contributed by atoms with van der Waals surface area (Å²) in [6.07, 6.45) is 6.01. The van der Waals surface area contributed by atoms with Gasteiger partial charge in [0, 0.05) is 30.8 Å². The zero-order valence-electron chi connectivity index (χ0n) is 15.8. The molecule has 0 unspecified atom stereocenters. The summed E-state index contributed by atoms with van der Waals surface area (Å²) in [6.45, 7) is 2.77. The Labute approximate surface area is 166 Å². The number of nitrogens with zero attached hydrogens (tertiary/aromatic N) is 6. The molecule has 1 aliphatic heterocycles. The number of carbonyl (C=O) groups is 1.